The van der Waals surface area contributed by atoms with Gasteiger partial charge in [-0.05, 0) is 49.6 Å². The number of unbranched alkanes of at least 4 members (excludes halogenated alkanes) is 1. The van der Waals surface area contributed by atoms with E-state index in [4.69, 9.17) is 4.74 Å². The van der Waals surface area contributed by atoms with Gasteiger partial charge in [0.15, 0.2) is 0 Å². The van der Waals surface area contributed by atoms with Crippen LogP contribution >= 0.6 is 11.8 Å². The fourth-order valence-corrected chi connectivity index (χ4v) is 3.82. The zero-order valence-electron chi connectivity index (χ0n) is 13.3. The monoisotopic (exact) mass is 337 g/mol. The molecule has 0 aliphatic carbocycles. The molecule has 5 nitrogen and oxygen atoms in total. The predicted molar refractivity (Wildman–Crippen MR) is 91.0 cm³/mol. The van der Waals surface area contributed by atoms with Crippen LogP contribution in [0.3, 0.4) is 0 Å². The van der Waals surface area contributed by atoms with Crippen molar-refractivity contribution in [3.8, 4) is 5.75 Å². The second-order valence-electron chi connectivity index (χ2n) is 5.86. The molecule has 2 N–H and O–H groups in total. The molecule has 1 heterocycles. The number of hydrogen-bond donors (Lipinski definition) is 2. The van der Waals surface area contributed by atoms with Gasteiger partial charge in [-0.15, -0.1) is 0 Å². The standard InChI is InChI=1S/C17H23NO4S/c1-13-5-4-6-14(11-13)22-9-3-2-7-15(19)18-17(16(20)21)8-10-23-12-17/h4-6,11H,2-3,7-10,12H2,1H3,(H,18,19)(H,20,21). The SMILES string of the molecule is Cc1cccc(OCCCCC(=O)NC2(C(=O)O)CCSC2)c1. The van der Waals surface area contributed by atoms with Crippen molar-refractivity contribution in [3.63, 3.8) is 0 Å². The number of benzene rings is 1. The van der Waals surface area contributed by atoms with Gasteiger partial charge in [0.05, 0.1) is 6.61 Å². The number of carbonyl (C=O) groups excluding carboxylic acids is 1. The van der Waals surface area contributed by atoms with Crippen LogP contribution in [0, 0.1) is 6.92 Å². The van der Waals surface area contributed by atoms with Gasteiger partial charge in [0.1, 0.15) is 11.3 Å². The minimum absolute atomic E-state index is 0.189. The molecule has 1 atom stereocenters. The normalized spacial score (nSPS) is 20.2. The van der Waals surface area contributed by atoms with Crippen LogP contribution in [0.15, 0.2) is 24.3 Å². The first-order chi connectivity index (χ1) is 11.0. The summed E-state index contributed by atoms with van der Waals surface area (Å²) in [6.45, 7) is 2.56. The quantitative estimate of drug-likeness (QED) is 0.713. The van der Waals surface area contributed by atoms with Gasteiger partial charge in [0.25, 0.3) is 0 Å². The average Bonchev–Trinajstić information content (AvgIpc) is 2.97. The van der Waals surface area contributed by atoms with Crippen LogP contribution in [-0.4, -0.2) is 40.6 Å². The first-order valence-corrected chi connectivity index (χ1v) is 8.99. The fourth-order valence-electron chi connectivity index (χ4n) is 2.50. The van der Waals surface area contributed by atoms with Crippen LogP contribution in [-0.2, 0) is 9.59 Å². The molecule has 23 heavy (non-hydrogen) atoms. The second-order valence-corrected chi connectivity index (χ2v) is 6.97. The van der Waals surface area contributed by atoms with Crippen molar-refractivity contribution < 1.29 is 19.4 Å². The van der Waals surface area contributed by atoms with Crippen LogP contribution < -0.4 is 10.1 Å². The Hall–Kier alpha value is -1.69. The lowest BCUT2D eigenvalue weighted by molar-refractivity contribution is -0.146. The van der Waals surface area contributed by atoms with Crippen molar-refractivity contribution in [2.75, 3.05) is 18.1 Å². The number of aliphatic carboxylic acids is 1. The fraction of sp³-hybridized carbons (Fsp3) is 0.529. The Morgan fingerprint density at radius 3 is 2.87 bits per heavy atom. The highest BCUT2D eigenvalue weighted by Crippen LogP contribution is 2.28. The Morgan fingerprint density at radius 2 is 2.22 bits per heavy atom. The largest absolute Gasteiger partial charge is 0.494 e. The lowest BCUT2D eigenvalue weighted by Crippen LogP contribution is -2.54. The van der Waals surface area contributed by atoms with E-state index in [-0.39, 0.29) is 5.91 Å². The number of amides is 1. The molecule has 1 aromatic carbocycles. The molecule has 0 aromatic heterocycles. The molecule has 1 aromatic rings. The number of carbonyl (C=O) groups is 2. The van der Waals surface area contributed by atoms with Gasteiger partial charge >= 0.3 is 5.97 Å². The summed E-state index contributed by atoms with van der Waals surface area (Å²) in [5, 5.41) is 12.0. The summed E-state index contributed by atoms with van der Waals surface area (Å²) in [5.74, 6) is 0.938. The molecule has 0 bridgehead atoms. The summed E-state index contributed by atoms with van der Waals surface area (Å²) >= 11 is 1.57. The minimum Gasteiger partial charge on any atom is -0.494 e. The number of hydrogen-bond acceptors (Lipinski definition) is 4. The maximum atomic E-state index is 12.0. The van der Waals surface area contributed by atoms with Gasteiger partial charge in [-0.25, -0.2) is 4.79 Å². The topological polar surface area (TPSA) is 75.6 Å². The number of carboxylic acids is 1. The molecule has 2 rings (SSSR count). The van der Waals surface area contributed by atoms with E-state index in [1.54, 1.807) is 11.8 Å². The average molecular weight is 337 g/mol. The summed E-state index contributed by atoms with van der Waals surface area (Å²) in [7, 11) is 0. The second kappa shape index (κ2) is 8.24. The molecule has 0 radical (unpaired) electrons. The Balaban J connectivity index is 1.66. The summed E-state index contributed by atoms with van der Waals surface area (Å²) < 4.78 is 5.63. The van der Waals surface area contributed by atoms with E-state index in [1.807, 2.05) is 31.2 Å². The van der Waals surface area contributed by atoms with E-state index < -0.39 is 11.5 Å². The van der Waals surface area contributed by atoms with Crippen molar-refractivity contribution in [1.29, 1.82) is 0 Å². The first kappa shape index (κ1) is 17.7. The van der Waals surface area contributed by atoms with Gasteiger partial charge < -0.3 is 15.2 Å². The lowest BCUT2D eigenvalue weighted by atomic mass is 9.99. The van der Waals surface area contributed by atoms with E-state index in [0.717, 1.165) is 23.5 Å². The molecule has 1 amide bonds. The Kier molecular flexibility index (Phi) is 6.33. The van der Waals surface area contributed by atoms with E-state index >= 15 is 0 Å². The number of nitrogens with one attached hydrogen (secondary N) is 1. The Morgan fingerprint density at radius 1 is 1.39 bits per heavy atom. The van der Waals surface area contributed by atoms with Crippen LogP contribution in [0.4, 0.5) is 0 Å². The van der Waals surface area contributed by atoms with E-state index in [1.165, 1.54) is 0 Å². The lowest BCUT2D eigenvalue weighted by Gasteiger charge is -2.24. The van der Waals surface area contributed by atoms with Gasteiger partial charge in [-0.3, -0.25) is 4.79 Å². The smallest absolute Gasteiger partial charge is 0.330 e. The highest BCUT2D eigenvalue weighted by Gasteiger charge is 2.42. The maximum Gasteiger partial charge on any atom is 0.330 e. The molecule has 6 heteroatoms. The summed E-state index contributed by atoms with van der Waals surface area (Å²) in [5.41, 5.74) is 0.0788. The van der Waals surface area contributed by atoms with Gasteiger partial charge in [-0.1, -0.05) is 12.1 Å². The molecule has 1 aliphatic heterocycles. The predicted octanol–water partition coefficient (Wildman–Crippen LogP) is 2.62. The van der Waals surface area contributed by atoms with Crippen LogP contribution in [0.5, 0.6) is 5.75 Å². The summed E-state index contributed by atoms with van der Waals surface area (Å²) in [6.07, 6.45) is 2.27. The molecule has 1 unspecified atom stereocenters. The number of aryl methyl sites for hydroxylation is 1. The number of thioether (sulfide) groups is 1. The van der Waals surface area contributed by atoms with Crippen LogP contribution in [0.2, 0.25) is 0 Å². The Bertz CT molecular complexity index is 555. The van der Waals surface area contributed by atoms with Gasteiger partial charge in [0, 0.05) is 12.2 Å². The molecule has 0 saturated carbocycles. The van der Waals surface area contributed by atoms with Crippen LogP contribution in [0.25, 0.3) is 0 Å². The van der Waals surface area contributed by atoms with Crippen molar-refractivity contribution in [1.82, 2.24) is 5.32 Å². The number of rotatable bonds is 8. The van der Waals surface area contributed by atoms with Crippen molar-refractivity contribution >= 4 is 23.6 Å². The molecular formula is C17H23NO4S. The van der Waals surface area contributed by atoms with Crippen molar-refractivity contribution in [2.24, 2.45) is 0 Å². The van der Waals surface area contributed by atoms with E-state index in [9.17, 15) is 14.7 Å². The molecule has 1 fully saturated rings. The molecular weight excluding hydrogens is 314 g/mol. The maximum absolute atomic E-state index is 12.0. The zero-order chi connectivity index (χ0) is 16.7. The van der Waals surface area contributed by atoms with Gasteiger partial charge in [-0.2, -0.15) is 11.8 Å². The van der Waals surface area contributed by atoms with E-state index in [0.29, 0.717) is 31.6 Å². The highest BCUT2D eigenvalue weighted by atomic mass is 32.2. The highest BCUT2D eigenvalue weighted by molar-refractivity contribution is 7.99. The van der Waals surface area contributed by atoms with Crippen LogP contribution in [0.1, 0.15) is 31.2 Å². The third-order valence-corrected chi connectivity index (χ3v) is 5.06. The van der Waals surface area contributed by atoms with Crippen molar-refractivity contribution in [2.45, 2.75) is 38.1 Å². The summed E-state index contributed by atoms with van der Waals surface area (Å²) in [6, 6.07) is 7.84. The van der Waals surface area contributed by atoms with Crippen molar-refractivity contribution in [3.05, 3.63) is 29.8 Å². The number of ether oxygens (including phenoxy) is 1. The third-order valence-electron chi connectivity index (χ3n) is 3.87. The third kappa shape index (κ3) is 5.16. The van der Waals surface area contributed by atoms with E-state index in [2.05, 4.69) is 5.32 Å². The summed E-state index contributed by atoms with van der Waals surface area (Å²) in [4.78, 5) is 23.3. The Labute approximate surface area is 140 Å². The minimum atomic E-state index is -1.07. The zero-order valence-corrected chi connectivity index (χ0v) is 14.2. The number of carboxylic acid groups (broad SMARTS) is 1. The molecule has 1 aliphatic rings. The molecule has 126 valence electrons. The molecule has 0 spiro atoms. The van der Waals surface area contributed by atoms with Gasteiger partial charge in [0.2, 0.25) is 5.91 Å². The molecule has 1 saturated heterocycles. The first-order valence-electron chi connectivity index (χ1n) is 7.83.